The third-order valence-electron chi connectivity index (χ3n) is 2.50. The van der Waals surface area contributed by atoms with Crippen LogP contribution in [-0.2, 0) is 0 Å². The fourth-order valence-corrected chi connectivity index (χ4v) is 3.61. The number of para-hydroxylation sites is 1. The molecule has 1 aliphatic rings. The molecule has 0 bridgehead atoms. The summed E-state index contributed by atoms with van der Waals surface area (Å²) in [5.41, 5.74) is 0. The molecule has 0 unspecified atom stereocenters. The zero-order chi connectivity index (χ0) is 11.5. The molecule has 0 atom stereocenters. The van der Waals surface area contributed by atoms with Crippen molar-refractivity contribution in [1.29, 1.82) is 0 Å². The quantitative estimate of drug-likeness (QED) is 0.792. The molecular formula is C14H12O2Se. The molecule has 0 radical (unpaired) electrons. The van der Waals surface area contributed by atoms with Crippen LogP contribution in [0.5, 0.6) is 17.2 Å². The van der Waals surface area contributed by atoms with Crippen LogP contribution >= 0.6 is 0 Å². The zero-order valence-electron chi connectivity index (χ0n) is 9.26. The summed E-state index contributed by atoms with van der Waals surface area (Å²) in [7, 11) is 0. The van der Waals surface area contributed by atoms with Crippen molar-refractivity contribution < 1.29 is 9.47 Å². The number of fused-ring (bicyclic) bond motifs is 1. The third kappa shape index (κ3) is 2.31. The molecule has 0 N–H and O–H groups in total. The molecule has 86 valence electrons. The summed E-state index contributed by atoms with van der Waals surface area (Å²) >= 11 is 0.457. The van der Waals surface area contributed by atoms with Crippen LogP contribution in [0.15, 0.2) is 48.5 Å². The molecule has 2 aromatic rings. The Morgan fingerprint density at radius 1 is 1.00 bits per heavy atom. The van der Waals surface area contributed by atoms with Gasteiger partial charge < -0.3 is 0 Å². The summed E-state index contributed by atoms with van der Waals surface area (Å²) in [6, 6.07) is 15.9. The van der Waals surface area contributed by atoms with Gasteiger partial charge in [0, 0.05) is 0 Å². The van der Waals surface area contributed by atoms with E-state index in [9.17, 15) is 0 Å². The summed E-state index contributed by atoms with van der Waals surface area (Å²) in [6.45, 7) is 0.835. The van der Waals surface area contributed by atoms with E-state index in [1.165, 1.54) is 4.46 Å². The van der Waals surface area contributed by atoms with Crippen molar-refractivity contribution in [1.82, 2.24) is 0 Å². The van der Waals surface area contributed by atoms with E-state index in [0.717, 1.165) is 29.2 Å². The van der Waals surface area contributed by atoms with Gasteiger partial charge in [0.05, 0.1) is 0 Å². The Balaban J connectivity index is 1.93. The van der Waals surface area contributed by atoms with Crippen molar-refractivity contribution in [3.63, 3.8) is 0 Å². The first-order valence-electron chi connectivity index (χ1n) is 5.55. The van der Waals surface area contributed by atoms with Crippen LogP contribution in [0.25, 0.3) is 0 Å². The SMILES string of the molecule is c1ccc(Oc2cccc3c2[Se]CCO3)cc1. The third-order valence-corrected chi connectivity index (χ3v) is 4.73. The Morgan fingerprint density at radius 2 is 1.88 bits per heavy atom. The maximum absolute atomic E-state index is 5.91. The monoisotopic (exact) mass is 292 g/mol. The van der Waals surface area contributed by atoms with Crippen LogP contribution in [0.2, 0.25) is 5.32 Å². The van der Waals surface area contributed by atoms with Gasteiger partial charge in [-0.1, -0.05) is 0 Å². The topological polar surface area (TPSA) is 18.5 Å². The average molecular weight is 291 g/mol. The second-order valence-electron chi connectivity index (χ2n) is 3.70. The Kier molecular flexibility index (Phi) is 3.03. The van der Waals surface area contributed by atoms with Crippen molar-refractivity contribution in [2.45, 2.75) is 5.32 Å². The minimum absolute atomic E-state index is 0.457. The molecule has 2 aromatic carbocycles. The number of hydrogen-bond donors (Lipinski definition) is 0. The Bertz CT molecular complexity index is 511. The standard InChI is InChI=1S/C14H12O2Se/c1-2-5-11(6-3-1)16-13-8-4-7-12-14(13)17-10-9-15-12/h1-8H,9-10H2. The fraction of sp³-hybridized carbons (Fsp3) is 0.143. The fourth-order valence-electron chi connectivity index (χ4n) is 1.74. The van der Waals surface area contributed by atoms with E-state index < -0.39 is 0 Å². The van der Waals surface area contributed by atoms with Gasteiger partial charge in [0.1, 0.15) is 0 Å². The van der Waals surface area contributed by atoms with Gasteiger partial charge in [-0.3, -0.25) is 0 Å². The van der Waals surface area contributed by atoms with Gasteiger partial charge in [0.2, 0.25) is 0 Å². The van der Waals surface area contributed by atoms with Crippen molar-refractivity contribution >= 4 is 19.4 Å². The summed E-state index contributed by atoms with van der Waals surface area (Å²) < 4.78 is 12.8. The molecule has 2 nitrogen and oxygen atoms in total. The Hall–Kier alpha value is -1.44. The molecule has 0 aromatic heterocycles. The van der Waals surface area contributed by atoms with Gasteiger partial charge in [0.25, 0.3) is 0 Å². The molecule has 3 heteroatoms. The molecule has 17 heavy (non-hydrogen) atoms. The minimum atomic E-state index is 0.457. The van der Waals surface area contributed by atoms with E-state index in [2.05, 4.69) is 0 Å². The number of hydrogen-bond acceptors (Lipinski definition) is 2. The van der Waals surface area contributed by atoms with Crippen LogP contribution in [0.3, 0.4) is 0 Å². The van der Waals surface area contributed by atoms with Gasteiger partial charge >= 0.3 is 107 Å². The Labute approximate surface area is 107 Å². The second-order valence-corrected chi connectivity index (χ2v) is 6.01. The van der Waals surface area contributed by atoms with Crippen molar-refractivity contribution in [3.8, 4) is 17.2 Å². The first-order valence-corrected chi connectivity index (χ1v) is 7.62. The summed E-state index contributed by atoms with van der Waals surface area (Å²) in [5, 5.41) is 1.12. The van der Waals surface area contributed by atoms with Crippen molar-refractivity contribution in [2.24, 2.45) is 0 Å². The van der Waals surface area contributed by atoms with Crippen molar-refractivity contribution in [2.75, 3.05) is 6.61 Å². The van der Waals surface area contributed by atoms with Crippen LogP contribution in [0, 0.1) is 0 Å². The van der Waals surface area contributed by atoms with Crippen LogP contribution < -0.4 is 13.9 Å². The molecular weight excluding hydrogens is 279 g/mol. The van der Waals surface area contributed by atoms with Crippen LogP contribution in [0.1, 0.15) is 0 Å². The molecule has 1 heterocycles. The molecule has 0 fully saturated rings. The van der Waals surface area contributed by atoms with Gasteiger partial charge in [0.15, 0.2) is 0 Å². The second kappa shape index (κ2) is 4.82. The first kappa shape index (κ1) is 10.7. The van der Waals surface area contributed by atoms with Crippen LogP contribution in [0.4, 0.5) is 0 Å². The molecule has 3 rings (SSSR count). The van der Waals surface area contributed by atoms with Gasteiger partial charge in [-0.05, 0) is 0 Å². The maximum atomic E-state index is 5.91. The van der Waals surface area contributed by atoms with E-state index in [-0.39, 0.29) is 0 Å². The zero-order valence-corrected chi connectivity index (χ0v) is 11.0. The van der Waals surface area contributed by atoms with Gasteiger partial charge in [-0.25, -0.2) is 0 Å². The van der Waals surface area contributed by atoms with E-state index in [4.69, 9.17) is 9.47 Å². The first-order chi connectivity index (χ1) is 8.43. The molecule has 0 aliphatic carbocycles. The summed E-state index contributed by atoms with van der Waals surface area (Å²) in [5.74, 6) is 2.81. The molecule has 0 spiro atoms. The van der Waals surface area contributed by atoms with E-state index >= 15 is 0 Å². The Morgan fingerprint density at radius 3 is 2.76 bits per heavy atom. The average Bonchev–Trinajstić information content (AvgIpc) is 2.40. The van der Waals surface area contributed by atoms with Crippen LogP contribution in [-0.4, -0.2) is 21.6 Å². The van der Waals surface area contributed by atoms with E-state index in [0.29, 0.717) is 15.0 Å². The number of rotatable bonds is 2. The predicted molar refractivity (Wildman–Crippen MR) is 68.6 cm³/mol. The van der Waals surface area contributed by atoms with E-state index in [1.807, 2.05) is 48.5 Å². The molecule has 1 aliphatic heterocycles. The molecule has 0 amide bonds. The number of benzene rings is 2. The van der Waals surface area contributed by atoms with Gasteiger partial charge in [-0.15, -0.1) is 0 Å². The number of ether oxygens (including phenoxy) is 2. The normalized spacial score (nSPS) is 13.6. The molecule has 0 saturated carbocycles. The summed E-state index contributed by atoms with van der Waals surface area (Å²) in [4.78, 5) is 0. The van der Waals surface area contributed by atoms with Gasteiger partial charge in [-0.2, -0.15) is 0 Å². The molecule has 0 saturated heterocycles. The predicted octanol–water partition coefficient (Wildman–Crippen LogP) is 2.62. The summed E-state index contributed by atoms with van der Waals surface area (Å²) in [6.07, 6.45) is 0. The van der Waals surface area contributed by atoms with Crippen molar-refractivity contribution in [3.05, 3.63) is 48.5 Å². The van der Waals surface area contributed by atoms with E-state index in [1.54, 1.807) is 0 Å².